The molecular formula is C16H14N2. The van der Waals surface area contributed by atoms with Crippen molar-refractivity contribution in [3.63, 3.8) is 0 Å². The molecule has 18 heavy (non-hydrogen) atoms. The average molecular weight is 234 g/mol. The van der Waals surface area contributed by atoms with Crippen LogP contribution < -0.4 is 0 Å². The first-order chi connectivity index (χ1) is 8.74. The minimum absolute atomic E-state index is 0.928. The van der Waals surface area contributed by atoms with E-state index in [-0.39, 0.29) is 0 Å². The molecule has 0 N–H and O–H groups in total. The molecule has 2 heteroatoms. The van der Waals surface area contributed by atoms with E-state index in [2.05, 4.69) is 54.4 Å². The number of aryl methyl sites for hydroxylation is 2. The van der Waals surface area contributed by atoms with E-state index in [1.165, 1.54) is 11.1 Å². The van der Waals surface area contributed by atoms with Crippen LogP contribution in [0.3, 0.4) is 0 Å². The molecule has 1 aromatic heterocycles. The molecule has 0 saturated heterocycles. The highest BCUT2D eigenvalue weighted by molar-refractivity contribution is 5.81. The molecule has 2 nitrogen and oxygen atoms in total. The highest BCUT2D eigenvalue weighted by atomic mass is 15.1. The van der Waals surface area contributed by atoms with Crippen LogP contribution in [0.2, 0.25) is 0 Å². The van der Waals surface area contributed by atoms with Crippen molar-refractivity contribution in [3.8, 4) is 11.3 Å². The third-order valence-electron chi connectivity index (χ3n) is 3.30. The van der Waals surface area contributed by atoms with Gasteiger partial charge in [-0.15, -0.1) is 10.2 Å². The molecule has 1 heterocycles. The van der Waals surface area contributed by atoms with Crippen LogP contribution >= 0.6 is 0 Å². The monoisotopic (exact) mass is 234 g/mol. The molecule has 3 rings (SSSR count). The van der Waals surface area contributed by atoms with Gasteiger partial charge in [0.2, 0.25) is 0 Å². The smallest absolute Gasteiger partial charge is 0.0936 e. The lowest BCUT2D eigenvalue weighted by atomic mass is 10.0. The topological polar surface area (TPSA) is 25.8 Å². The second-order valence-corrected chi connectivity index (χ2v) is 4.59. The second kappa shape index (κ2) is 4.22. The van der Waals surface area contributed by atoms with Crippen molar-refractivity contribution >= 4 is 10.9 Å². The summed E-state index contributed by atoms with van der Waals surface area (Å²) in [6.07, 6.45) is 0. The fourth-order valence-electron chi connectivity index (χ4n) is 2.03. The lowest BCUT2D eigenvalue weighted by molar-refractivity contribution is 1.08. The Morgan fingerprint density at radius 1 is 0.778 bits per heavy atom. The Morgan fingerprint density at radius 3 is 2.44 bits per heavy atom. The molecule has 0 radical (unpaired) electrons. The fraction of sp³-hybridized carbons (Fsp3) is 0.125. The van der Waals surface area contributed by atoms with Crippen molar-refractivity contribution in [2.75, 3.05) is 0 Å². The van der Waals surface area contributed by atoms with Crippen LogP contribution in [0.15, 0.2) is 48.5 Å². The Labute approximate surface area is 106 Å². The summed E-state index contributed by atoms with van der Waals surface area (Å²) in [6, 6.07) is 16.5. The first kappa shape index (κ1) is 10.9. The van der Waals surface area contributed by atoms with Gasteiger partial charge in [0.25, 0.3) is 0 Å². The van der Waals surface area contributed by atoms with Gasteiger partial charge < -0.3 is 0 Å². The summed E-state index contributed by atoms with van der Waals surface area (Å²) in [5.74, 6) is 0. The maximum absolute atomic E-state index is 4.30. The molecule has 88 valence electrons. The van der Waals surface area contributed by atoms with Gasteiger partial charge in [-0.3, -0.25) is 0 Å². The molecule has 0 amide bonds. The van der Waals surface area contributed by atoms with Gasteiger partial charge in [0.1, 0.15) is 0 Å². The first-order valence-corrected chi connectivity index (χ1v) is 6.04. The van der Waals surface area contributed by atoms with Gasteiger partial charge in [-0.2, -0.15) is 0 Å². The molecule has 2 aromatic carbocycles. The lowest BCUT2D eigenvalue weighted by Crippen LogP contribution is -1.90. The van der Waals surface area contributed by atoms with E-state index in [1.807, 2.05) is 18.2 Å². The maximum Gasteiger partial charge on any atom is 0.0936 e. The van der Waals surface area contributed by atoms with E-state index in [9.17, 15) is 0 Å². The summed E-state index contributed by atoms with van der Waals surface area (Å²) in [6.45, 7) is 4.23. The molecule has 3 aromatic rings. The van der Waals surface area contributed by atoms with E-state index >= 15 is 0 Å². The molecule has 0 saturated carbocycles. The number of hydrogen-bond acceptors (Lipinski definition) is 2. The largest absolute Gasteiger partial charge is 0.150 e. The van der Waals surface area contributed by atoms with Crippen LogP contribution in [0.5, 0.6) is 0 Å². The SMILES string of the molecule is Cc1ccc(-c2cc3ccccc3nn2)cc1C. The second-order valence-electron chi connectivity index (χ2n) is 4.59. The van der Waals surface area contributed by atoms with Gasteiger partial charge in [-0.25, -0.2) is 0 Å². The predicted octanol–water partition coefficient (Wildman–Crippen LogP) is 3.91. The fourth-order valence-corrected chi connectivity index (χ4v) is 2.03. The van der Waals surface area contributed by atoms with E-state index < -0.39 is 0 Å². The van der Waals surface area contributed by atoms with Crippen LogP contribution in [0, 0.1) is 13.8 Å². The van der Waals surface area contributed by atoms with Crippen molar-refractivity contribution in [2.24, 2.45) is 0 Å². The Hall–Kier alpha value is -2.22. The Bertz CT molecular complexity index is 717. The summed E-state index contributed by atoms with van der Waals surface area (Å²) in [5, 5.41) is 9.68. The van der Waals surface area contributed by atoms with Crippen LogP contribution in [0.25, 0.3) is 22.2 Å². The van der Waals surface area contributed by atoms with E-state index in [0.717, 1.165) is 22.2 Å². The van der Waals surface area contributed by atoms with Gasteiger partial charge in [0, 0.05) is 10.9 Å². The quantitative estimate of drug-likeness (QED) is 0.638. The van der Waals surface area contributed by atoms with Crippen molar-refractivity contribution in [1.29, 1.82) is 0 Å². The number of rotatable bonds is 1. The number of aromatic nitrogens is 2. The predicted molar refractivity (Wildman–Crippen MR) is 74.4 cm³/mol. The van der Waals surface area contributed by atoms with Gasteiger partial charge in [-0.1, -0.05) is 30.3 Å². The van der Waals surface area contributed by atoms with Gasteiger partial charge in [0.15, 0.2) is 0 Å². The molecule has 0 fully saturated rings. The number of hydrogen-bond donors (Lipinski definition) is 0. The first-order valence-electron chi connectivity index (χ1n) is 6.04. The summed E-state index contributed by atoms with van der Waals surface area (Å²) in [4.78, 5) is 0. The average Bonchev–Trinajstić information content (AvgIpc) is 2.41. The molecular weight excluding hydrogens is 220 g/mol. The highest BCUT2D eigenvalue weighted by Crippen LogP contribution is 2.22. The molecule has 0 unspecified atom stereocenters. The van der Waals surface area contributed by atoms with Gasteiger partial charge in [-0.05, 0) is 43.2 Å². The van der Waals surface area contributed by atoms with E-state index in [0.29, 0.717) is 0 Å². The molecule has 0 spiro atoms. The van der Waals surface area contributed by atoms with E-state index in [1.54, 1.807) is 0 Å². The number of nitrogens with zero attached hydrogens (tertiary/aromatic N) is 2. The van der Waals surface area contributed by atoms with Crippen LogP contribution in [-0.2, 0) is 0 Å². The third kappa shape index (κ3) is 1.86. The normalized spacial score (nSPS) is 10.8. The molecule has 0 aliphatic rings. The summed E-state index contributed by atoms with van der Waals surface area (Å²) >= 11 is 0. The van der Waals surface area contributed by atoms with Crippen LogP contribution in [0.4, 0.5) is 0 Å². The summed E-state index contributed by atoms with van der Waals surface area (Å²) in [7, 11) is 0. The number of fused-ring (bicyclic) bond motifs is 1. The van der Waals surface area contributed by atoms with Crippen LogP contribution in [-0.4, -0.2) is 10.2 Å². The molecule has 0 aliphatic carbocycles. The minimum atomic E-state index is 0.928. The van der Waals surface area contributed by atoms with Gasteiger partial charge >= 0.3 is 0 Å². The summed E-state index contributed by atoms with van der Waals surface area (Å²) < 4.78 is 0. The standard InChI is InChI=1S/C16H14N2/c1-11-7-8-14(9-12(11)2)16-10-13-5-3-4-6-15(13)17-18-16/h3-10H,1-2H3. The van der Waals surface area contributed by atoms with Crippen molar-refractivity contribution in [3.05, 3.63) is 59.7 Å². The minimum Gasteiger partial charge on any atom is -0.150 e. The highest BCUT2D eigenvalue weighted by Gasteiger charge is 2.03. The van der Waals surface area contributed by atoms with Crippen molar-refractivity contribution in [1.82, 2.24) is 10.2 Å². The van der Waals surface area contributed by atoms with Gasteiger partial charge in [0.05, 0.1) is 11.2 Å². The zero-order valence-electron chi connectivity index (χ0n) is 10.5. The summed E-state index contributed by atoms with van der Waals surface area (Å²) in [5.41, 5.74) is 5.56. The van der Waals surface area contributed by atoms with Crippen molar-refractivity contribution in [2.45, 2.75) is 13.8 Å². The molecule has 0 atom stereocenters. The van der Waals surface area contributed by atoms with Crippen molar-refractivity contribution < 1.29 is 0 Å². The molecule has 0 bridgehead atoms. The lowest BCUT2D eigenvalue weighted by Gasteiger charge is -2.05. The Kier molecular flexibility index (Phi) is 2.56. The molecule has 0 aliphatic heterocycles. The maximum atomic E-state index is 4.30. The van der Waals surface area contributed by atoms with Crippen LogP contribution in [0.1, 0.15) is 11.1 Å². The van der Waals surface area contributed by atoms with E-state index in [4.69, 9.17) is 0 Å². The Morgan fingerprint density at radius 2 is 1.61 bits per heavy atom. The zero-order valence-corrected chi connectivity index (χ0v) is 10.5. The number of benzene rings is 2. The zero-order chi connectivity index (χ0) is 12.5. The third-order valence-corrected chi connectivity index (χ3v) is 3.30. The Balaban J connectivity index is 2.16.